The molecule has 1 heterocycles. The number of nitrogens with zero attached hydrogens (tertiary/aromatic N) is 4. The lowest BCUT2D eigenvalue weighted by atomic mass is 10.1. The number of benzene rings is 2. The third-order valence-electron chi connectivity index (χ3n) is 4.42. The Labute approximate surface area is 197 Å². The molecule has 10 nitrogen and oxygen atoms in total. The van der Waals surface area contributed by atoms with E-state index in [9.17, 15) is 9.36 Å². The molecule has 0 aliphatic rings. The number of ether oxygens (including phenoxy) is 1. The Balaban J connectivity index is 1.95. The fourth-order valence-electron chi connectivity index (χ4n) is 2.94. The van der Waals surface area contributed by atoms with Gasteiger partial charge in [0.2, 0.25) is 0 Å². The van der Waals surface area contributed by atoms with Gasteiger partial charge in [-0.1, -0.05) is 17.7 Å². The Morgan fingerprint density at radius 2 is 2.06 bits per heavy atom. The fourth-order valence-corrected chi connectivity index (χ4v) is 3.38. The lowest BCUT2D eigenvalue weighted by molar-refractivity contribution is 0.141. The third kappa shape index (κ3) is 6.06. The average Bonchev–Trinajstić information content (AvgIpc) is 2.79. The van der Waals surface area contributed by atoms with Gasteiger partial charge in [-0.15, -0.1) is 0 Å². The summed E-state index contributed by atoms with van der Waals surface area (Å²) in [5.74, 6) is -1.12. The molecule has 0 spiro atoms. The Bertz CT molecular complexity index is 1430. The number of rotatable bonds is 7. The van der Waals surface area contributed by atoms with E-state index in [-0.39, 0.29) is 51.0 Å². The van der Waals surface area contributed by atoms with Crippen LogP contribution in [0.4, 0.5) is 10.1 Å². The van der Waals surface area contributed by atoms with Crippen molar-refractivity contribution in [3.63, 3.8) is 0 Å². The van der Waals surface area contributed by atoms with Crippen molar-refractivity contribution in [3.8, 4) is 17.6 Å². The minimum absolute atomic E-state index is 0.0418. The molecule has 34 heavy (non-hydrogen) atoms. The van der Waals surface area contributed by atoms with Crippen molar-refractivity contribution in [2.45, 2.75) is 20.1 Å². The van der Waals surface area contributed by atoms with Gasteiger partial charge in [0.25, 0.3) is 5.56 Å². The lowest BCUT2D eigenvalue weighted by Gasteiger charge is -2.13. The van der Waals surface area contributed by atoms with Gasteiger partial charge in [-0.3, -0.25) is 9.32 Å². The molecule has 174 valence electrons. The highest BCUT2D eigenvalue weighted by molar-refractivity contribution is 7.46. The quantitative estimate of drug-likeness (QED) is 0.360. The van der Waals surface area contributed by atoms with Crippen LogP contribution >= 0.6 is 19.4 Å². The molecule has 0 aliphatic carbocycles. The SMILES string of the molecule is [C-]#[N+]c1cc(C#N)cc(Oc2c(Cl)ccc(Cc3cc(C)c(=O)n(COP(=O)(O)O)n3)c2F)c1. The summed E-state index contributed by atoms with van der Waals surface area (Å²) in [6, 6.07) is 10.1. The predicted molar refractivity (Wildman–Crippen MR) is 118 cm³/mol. The summed E-state index contributed by atoms with van der Waals surface area (Å²) in [6.45, 7) is 7.79. The molecule has 0 atom stereocenters. The van der Waals surface area contributed by atoms with E-state index in [0.29, 0.717) is 4.68 Å². The average molecular weight is 505 g/mol. The van der Waals surface area contributed by atoms with Crippen molar-refractivity contribution in [3.05, 3.63) is 91.4 Å². The first kappa shape index (κ1) is 25.1. The van der Waals surface area contributed by atoms with Gasteiger partial charge in [0, 0.05) is 17.5 Å². The zero-order chi connectivity index (χ0) is 25.0. The minimum Gasteiger partial charge on any atom is -0.454 e. The molecule has 0 saturated carbocycles. The maximum absolute atomic E-state index is 15.3. The van der Waals surface area contributed by atoms with E-state index in [1.807, 2.05) is 6.07 Å². The Kier molecular flexibility index (Phi) is 7.48. The number of phosphoric acid groups is 1. The zero-order valence-electron chi connectivity index (χ0n) is 17.4. The smallest absolute Gasteiger partial charge is 0.454 e. The molecule has 2 aromatic carbocycles. The highest BCUT2D eigenvalue weighted by Crippen LogP contribution is 2.37. The number of aryl methyl sites for hydroxylation is 1. The van der Waals surface area contributed by atoms with E-state index in [1.54, 1.807) is 0 Å². The van der Waals surface area contributed by atoms with Gasteiger partial charge in [0.15, 0.2) is 24.0 Å². The second-order valence-electron chi connectivity index (χ2n) is 6.94. The van der Waals surface area contributed by atoms with Gasteiger partial charge in [0.1, 0.15) is 5.75 Å². The molecule has 0 unspecified atom stereocenters. The van der Waals surface area contributed by atoms with Gasteiger partial charge in [-0.05, 0) is 42.8 Å². The predicted octanol–water partition coefficient (Wildman–Crippen LogP) is 4.22. The first-order chi connectivity index (χ1) is 16.0. The third-order valence-corrected chi connectivity index (χ3v) is 5.17. The highest BCUT2D eigenvalue weighted by Gasteiger charge is 2.19. The number of phosphoric ester groups is 1. The monoisotopic (exact) mass is 504 g/mol. The molecular weight excluding hydrogens is 490 g/mol. The molecule has 0 saturated heterocycles. The molecule has 0 bridgehead atoms. The largest absolute Gasteiger partial charge is 0.471 e. The fraction of sp³-hybridized carbons (Fsp3) is 0.143. The van der Waals surface area contributed by atoms with Crippen LogP contribution in [0.15, 0.2) is 41.2 Å². The highest BCUT2D eigenvalue weighted by atomic mass is 35.5. The van der Waals surface area contributed by atoms with Crippen LogP contribution in [0.25, 0.3) is 4.85 Å². The van der Waals surface area contributed by atoms with Crippen LogP contribution in [-0.2, 0) is 22.2 Å². The number of nitriles is 1. The topological polar surface area (TPSA) is 139 Å². The van der Waals surface area contributed by atoms with Crippen molar-refractivity contribution in [1.29, 1.82) is 5.26 Å². The Hall–Kier alpha value is -3.57. The second-order valence-corrected chi connectivity index (χ2v) is 8.59. The van der Waals surface area contributed by atoms with E-state index in [1.165, 1.54) is 43.3 Å². The van der Waals surface area contributed by atoms with Crippen molar-refractivity contribution >= 4 is 25.1 Å². The van der Waals surface area contributed by atoms with Crippen LogP contribution in [0.5, 0.6) is 11.5 Å². The van der Waals surface area contributed by atoms with Crippen LogP contribution in [0.1, 0.15) is 22.4 Å². The Morgan fingerprint density at radius 1 is 1.32 bits per heavy atom. The van der Waals surface area contributed by atoms with E-state index < -0.39 is 25.9 Å². The maximum Gasteiger partial charge on any atom is 0.471 e. The van der Waals surface area contributed by atoms with E-state index in [4.69, 9.17) is 38.0 Å². The van der Waals surface area contributed by atoms with Gasteiger partial charge < -0.3 is 14.5 Å². The van der Waals surface area contributed by atoms with Crippen molar-refractivity contribution in [2.24, 2.45) is 0 Å². The first-order valence-corrected chi connectivity index (χ1v) is 11.3. The summed E-state index contributed by atoms with van der Waals surface area (Å²) in [4.78, 5) is 33.1. The molecular formula is C21H15ClFN4O6P. The maximum atomic E-state index is 15.3. The molecule has 0 aliphatic heterocycles. The van der Waals surface area contributed by atoms with Crippen LogP contribution in [0.3, 0.4) is 0 Å². The lowest BCUT2D eigenvalue weighted by Crippen LogP contribution is -2.27. The standard InChI is InChI=1S/C21H15ClFN4O6P/c1-12-5-16(26-27(21(12)28)11-32-34(29,30)31)8-14-3-4-18(22)20(19(14)23)33-17-7-13(10-24)6-15(9-17)25-2/h3-7,9H,8,11H2,1H3,(H2,29,30,31). The molecule has 0 amide bonds. The zero-order valence-corrected chi connectivity index (χ0v) is 19.0. The summed E-state index contributed by atoms with van der Waals surface area (Å²) in [7, 11) is -4.84. The summed E-state index contributed by atoms with van der Waals surface area (Å²) in [5, 5.41) is 13.0. The van der Waals surface area contributed by atoms with Gasteiger partial charge in [-0.25, -0.2) is 18.5 Å². The number of aromatic nitrogens is 2. The van der Waals surface area contributed by atoms with E-state index >= 15 is 4.39 Å². The molecule has 0 fully saturated rings. The van der Waals surface area contributed by atoms with Crippen LogP contribution in [0.2, 0.25) is 5.02 Å². The Morgan fingerprint density at radius 3 is 2.71 bits per heavy atom. The molecule has 3 rings (SSSR count). The van der Waals surface area contributed by atoms with Gasteiger partial charge in [0.05, 0.1) is 23.4 Å². The van der Waals surface area contributed by atoms with Crippen LogP contribution in [-0.4, -0.2) is 19.6 Å². The summed E-state index contributed by atoms with van der Waals surface area (Å²) in [5.41, 5.74) is 0.141. The van der Waals surface area contributed by atoms with Crippen molar-refractivity contribution in [1.82, 2.24) is 9.78 Å². The van der Waals surface area contributed by atoms with Crippen molar-refractivity contribution in [2.75, 3.05) is 0 Å². The van der Waals surface area contributed by atoms with Gasteiger partial charge >= 0.3 is 7.82 Å². The summed E-state index contributed by atoms with van der Waals surface area (Å²) < 4.78 is 36.8. The van der Waals surface area contributed by atoms with Crippen LogP contribution < -0.4 is 10.3 Å². The minimum atomic E-state index is -4.84. The number of hydrogen-bond acceptors (Lipinski definition) is 6. The molecule has 1 aromatic heterocycles. The second kappa shape index (κ2) is 10.1. The molecule has 13 heteroatoms. The normalized spacial score (nSPS) is 11.0. The van der Waals surface area contributed by atoms with Crippen LogP contribution in [0, 0.1) is 30.6 Å². The number of hydrogen-bond donors (Lipinski definition) is 2. The van der Waals surface area contributed by atoms with Crippen molar-refractivity contribution < 1.29 is 28.0 Å². The van der Waals surface area contributed by atoms with E-state index in [0.717, 1.165) is 0 Å². The van der Waals surface area contributed by atoms with E-state index in [2.05, 4.69) is 14.5 Å². The molecule has 0 radical (unpaired) electrons. The first-order valence-electron chi connectivity index (χ1n) is 9.36. The summed E-state index contributed by atoms with van der Waals surface area (Å²) >= 11 is 6.11. The number of halogens is 2. The summed E-state index contributed by atoms with van der Waals surface area (Å²) in [6.07, 6.45) is -0.123. The molecule has 2 N–H and O–H groups in total. The van der Waals surface area contributed by atoms with Gasteiger partial charge in [-0.2, -0.15) is 10.4 Å². The molecule has 3 aromatic rings.